The molecule has 0 N–H and O–H groups in total. The third-order valence-electron chi connectivity index (χ3n) is 1.67. The second kappa shape index (κ2) is 5.25. The van der Waals surface area contributed by atoms with Crippen molar-refractivity contribution in [1.82, 2.24) is 0 Å². The lowest BCUT2D eigenvalue weighted by Gasteiger charge is -1.94. The van der Waals surface area contributed by atoms with Crippen molar-refractivity contribution in [2.75, 3.05) is 0 Å². The standard InChI is InChI=1S/C11H11FO/c12-11-7-5-10(6-8-11)4-2-1-3-9-13/h1-2,5-9H,3-4H2/b2-1-. The number of allylic oxidation sites excluding steroid dienone is 2. The van der Waals surface area contributed by atoms with E-state index < -0.39 is 0 Å². The van der Waals surface area contributed by atoms with E-state index in [-0.39, 0.29) is 5.82 Å². The van der Waals surface area contributed by atoms with Crippen LogP contribution in [0.5, 0.6) is 0 Å². The van der Waals surface area contributed by atoms with E-state index in [4.69, 9.17) is 0 Å². The van der Waals surface area contributed by atoms with Gasteiger partial charge in [-0.15, -0.1) is 0 Å². The molecule has 0 fully saturated rings. The summed E-state index contributed by atoms with van der Waals surface area (Å²) in [5.41, 5.74) is 1.04. The van der Waals surface area contributed by atoms with E-state index in [1.807, 2.05) is 6.08 Å². The van der Waals surface area contributed by atoms with Gasteiger partial charge in [-0.05, 0) is 24.1 Å². The van der Waals surface area contributed by atoms with Gasteiger partial charge in [-0.3, -0.25) is 0 Å². The van der Waals surface area contributed by atoms with Gasteiger partial charge in [-0.2, -0.15) is 0 Å². The van der Waals surface area contributed by atoms with E-state index in [0.29, 0.717) is 6.42 Å². The highest BCUT2D eigenvalue weighted by Gasteiger charge is 1.89. The average molecular weight is 178 g/mol. The zero-order chi connectivity index (χ0) is 9.52. The first kappa shape index (κ1) is 9.65. The third-order valence-corrected chi connectivity index (χ3v) is 1.67. The van der Waals surface area contributed by atoms with Crippen molar-refractivity contribution in [2.24, 2.45) is 0 Å². The van der Waals surface area contributed by atoms with E-state index in [0.717, 1.165) is 18.3 Å². The minimum atomic E-state index is -0.222. The number of carbonyl (C=O) groups is 1. The molecule has 68 valence electrons. The molecule has 0 spiro atoms. The quantitative estimate of drug-likeness (QED) is 0.511. The minimum Gasteiger partial charge on any atom is -0.303 e. The molecule has 0 atom stereocenters. The van der Waals surface area contributed by atoms with Crippen LogP contribution in [0.15, 0.2) is 36.4 Å². The molecule has 0 bridgehead atoms. The van der Waals surface area contributed by atoms with Crippen molar-refractivity contribution < 1.29 is 9.18 Å². The molecule has 0 aliphatic carbocycles. The van der Waals surface area contributed by atoms with Crippen molar-refractivity contribution in [2.45, 2.75) is 12.8 Å². The molecule has 0 saturated carbocycles. The molecule has 1 aromatic carbocycles. The summed E-state index contributed by atoms with van der Waals surface area (Å²) in [5.74, 6) is -0.222. The van der Waals surface area contributed by atoms with Crippen molar-refractivity contribution in [3.05, 3.63) is 47.8 Å². The lowest BCUT2D eigenvalue weighted by Crippen LogP contribution is -1.81. The molecule has 0 radical (unpaired) electrons. The molecule has 13 heavy (non-hydrogen) atoms. The second-order valence-corrected chi connectivity index (χ2v) is 2.70. The normalized spacial score (nSPS) is 10.5. The average Bonchev–Trinajstić information content (AvgIpc) is 2.15. The second-order valence-electron chi connectivity index (χ2n) is 2.70. The summed E-state index contributed by atoms with van der Waals surface area (Å²) in [4.78, 5) is 9.96. The van der Waals surface area contributed by atoms with Gasteiger partial charge in [0, 0.05) is 6.42 Å². The van der Waals surface area contributed by atoms with Gasteiger partial charge in [0.05, 0.1) is 0 Å². The van der Waals surface area contributed by atoms with Gasteiger partial charge in [-0.25, -0.2) is 4.39 Å². The van der Waals surface area contributed by atoms with Crippen LogP contribution < -0.4 is 0 Å². The summed E-state index contributed by atoms with van der Waals surface area (Å²) in [6, 6.07) is 6.34. The van der Waals surface area contributed by atoms with Gasteiger partial charge in [-0.1, -0.05) is 24.3 Å². The fourth-order valence-electron chi connectivity index (χ4n) is 0.992. The predicted octanol–water partition coefficient (Wildman–Crippen LogP) is 2.51. The Labute approximate surface area is 76.9 Å². The van der Waals surface area contributed by atoms with Crippen LogP contribution in [-0.4, -0.2) is 6.29 Å². The Morgan fingerprint density at radius 2 is 1.85 bits per heavy atom. The Hall–Kier alpha value is -1.44. The van der Waals surface area contributed by atoms with Crippen LogP contribution in [-0.2, 0) is 11.2 Å². The van der Waals surface area contributed by atoms with Crippen LogP contribution >= 0.6 is 0 Å². The van der Waals surface area contributed by atoms with Gasteiger partial charge in [0.2, 0.25) is 0 Å². The molecule has 0 unspecified atom stereocenters. The Kier molecular flexibility index (Phi) is 3.89. The predicted molar refractivity (Wildman–Crippen MR) is 49.9 cm³/mol. The van der Waals surface area contributed by atoms with Crippen molar-refractivity contribution in [3.8, 4) is 0 Å². The van der Waals surface area contributed by atoms with Gasteiger partial charge in [0.15, 0.2) is 0 Å². The molecule has 0 heterocycles. The highest BCUT2D eigenvalue weighted by atomic mass is 19.1. The smallest absolute Gasteiger partial charge is 0.123 e. The molecule has 1 rings (SSSR count). The highest BCUT2D eigenvalue weighted by molar-refractivity contribution is 5.51. The highest BCUT2D eigenvalue weighted by Crippen LogP contribution is 2.03. The summed E-state index contributed by atoms with van der Waals surface area (Å²) in [6.07, 6.45) is 5.74. The maximum atomic E-state index is 12.5. The maximum absolute atomic E-state index is 12.5. The molecule has 0 aliphatic heterocycles. The van der Waals surface area contributed by atoms with Gasteiger partial charge >= 0.3 is 0 Å². The molecule has 1 nitrogen and oxygen atoms in total. The van der Waals surface area contributed by atoms with Crippen LogP contribution in [0.1, 0.15) is 12.0 Å². The van der Waals surface area contributed by atoms with E-state index in [9.17, 15) is 9.18 Å². The molecular weight excluding hydrogens is 167 g/mol. The Bertz CT molecular complexity index is 287. The third kappa shape index (κ3) is 3.65. The number of hydrogen-bond acceptors (Lipinski definition) is 1. The first-order valence-electron chi connectivity index (χ1n) is 4.16. The van der Waals surface area contributed by atoms with Crippen molar-refractivity contribution in [3.63, 3.8) is 0 Å². The topological polar surface area (TPSA) is 17.1 Å². The molecule has 2 heteroatoms. The number of carbonyl (C=O) groups excluding carboxylic acids is 1. The van der Waals surface area contributed by atoms with Crippen LogP contribution in [0.3, 0.4) is 0 Å². The summed E-state index contributed by atoms with van der Waals surface area (Å²) >= 11 is 0. The van der Waals surface area contributed by atoms with Crippen LogP contribution in [0, 0.1) is 5.82 Å². The van der Waals surface area contributed by atoms with Crippen LogP contribution in [0.2, 0.25) is 0 Å². The van der Waals surface area contributed by atoms with Crippen molar-refractivity contribution in [1.29, 1.82) is 0 Å². The van der Waals surface area contributed by atoms with E-state index in [1.54, 1.807) is 18.2 Å². The zero-order valence-corrected chi connectivity index (χ0v) is 7.24. The van der Waals surface area contributed by atoms with Gasteiger partial charge in [0.25, 0.3) is 0 Å². The van der Waals surface area contributed by atoms with E-state index in [2.05, 4.69) is 0 Å². The van der Waals surface area contributed by atoms with Crippen molar-refractivity contribution >= 4 is 6.29 Å². The molecular formula is C11H11FO. The van der Waals surface area contributed by atoms with E-state index in [1.165, 1.54) is 12.1 Å². The molecule has 0 amide bonds. The maximum Gasteiger partial charge on any atom is 0.123 e. The Balaban J connectivity index is 2.45. The lowest BCUT2D eigenvalue weighted by atomic mass is 10.1. The number of aldehydes is 1. The van der Waals surface area contributed by atoms with Crippen LogP contribution in [0.25, 0.3) is 0 Å². The Morgan fingerprint density at radius 1 is 1.15 bits per heavy atom. The minimum absolute atomic E-state index is 0.222. The summed E-state index contributed by atoms with van der Waals surface area (Å²) in [5, 5.41) is 0. The zero-order valence-electron chi connectivity index (χ0n) is 7.24. The summed E-state index contributed by atoms with van der Waals surface area (Å²) in [7, 11) is 0. The van der Waals surface area contributed by atoms with Crippen LogP contribution in [0.4, 0.5) is 4.39 Å². The molecule has 0 aromatic heterocycles. The SMILES string of the molecule is O=CC/C=C\Cc1ccc(F)cc1. The molecule has 0 saturated heterocycles. The number of hydrogen-bond donors (Lipinski definition) is 0. The molecule has 1 aromatic rings. The Morgan fingerprint density at radius 3 is 2.46 bits per heavy atom. The first-order chi connectivity index (χ1) is 6.33. The monoisotopic (exact) mass is 178 g/mol. The fraction of sp³-hybridized carbons (Fsp3) is 0.182. The van der Waals surface area contributed by atoms with Gasteiger partial charge < -0.3 is 4.79 Å². The van der Waals surface area contributed by atoms with E-state index >= 15 is 0 Å². The summed E-state index contributed by atoms with van der Waals surface area (Å²) < 4.78 is 12.5. The van der Waals surface area contributed by atoms with Gasteiger partial charge in [0.1, 0.15) is 12.1 Å². The largest absolute Gasteiger partial charge is 0.303 e. The first-order valence-corrected chi connectivity index (χ1v) is 4.16. The number of benzene rings is 1. The fourth-order valence-corrected chi connectivity index (χ4v) is 0.992. The molecule has 0 aliphatic rings. The lowest BCUT2D eigenvalue weighted by molar-refractivity contribution is -0.107. The number of halogens is 1. The number of rotatable bonds is 4. The summed E-state index contributed by atoms with van der Waals surface area (Å²) in [6.45, 7) is 0.